The molecule has 2 aliphatic rings. The predicted molar refractivity (Wildman–Crippen MR) is 55.8 cm³/mol. The van der Waals surface area contributed by atoms with Crippen molar-refractivity contribution in [2.24, 2.45) is 17.8 Å². The standard InChI is InChI=1S/C12H20O2/c1-8-5-9(7-13)10-3-2-4-11(10)12(14)6-8/h9-14H,1-7H2/t9-,10+,11+,12-/m0/s1. The molecule has 0 aromatic heterocycles. The van der Waals surface area contributed by atoms with E-state index in [2.05, 4.69) is 6.58 Å². The normalized spacial score (nSPS) is 43.4. The smallest absolute Gasteiger partial charge is 0.0608 e. The van der Waals surface area contributed by atoms with Crippen molar-refractivity contribution < 1.29 is 10.2 Å². The average molecular weight is 196 g/mol. The van der Waals surface area contributed by atoms with Gasteiger partial charge < -0.3 is 10.2 Å². The molecule has 80 valence electrons. The fourth-order valence-electron chi connectivity index (χ4n) is 3.33. The average Bonchev–Trinajstić information content (AvgIpc) is 2.58. The molecule has 0 aromatic rings. The maximum Gasteiger partial charge on any atom is 0.0608 e. The van der Waals surface area contributed by atoms with Gasteiger partial charge in [0.25, 0.3) is 0 Å². The van der Waals surface area contributed by atoms with Crippen LogP contribution in [0.3, 0.4) is 0 Å². The van der Waals surface area contributed by atoms with Crippen molar-refractivity contribution in [2.45, 2.75) is 38.2 Å². The molecule has 2 nitrogen and oxygen atoms in total. The number of aliphatic hydroxyl groups is 2. The van der Waals surface area contributed by atoms with Gasteiger partial charge in [-0.3, -0.25) is 0 Å². The van der Waals surface area contributed by atoms with E-state index >= 15 is 0 Å². The van der Waals surface area contributed by atoms with Crippen LogP contribution in [-0.2, 0) is 0 Å². The molecule has 0 radical (unpaired) electrons. The van der Waals surface area contributed by atoms with Crippen molar-refractivity contribution in [3.63, 3.8) is 0 Å². The minimum atomic E-state index is -0.202. The first kappa shape index (κ1) is 10.2. The number of fused-ring (bicyclic) bond motifs is 1. The number of hydrogen-bond donors (Lipinski definition) is 2. The molecule has 2 saturated carbocycles. The van der Waals surface area contributed by atoms with E-state index in [4.69, 9.17) is 0 Å². The summed E-state index contributed by atoms with van der Waals surface area (Å²) in [6, 6.07) is 0. The molecule has 14 heavy (non-hydrogen) atoms. The van der Waals surface area contributed by atoms with Gasteiger partial charge in [-0.05, 0) is 43.4 Å². The van der Waals surface area contributed by atoms with Gasteiger partial charge in [-0.25, -0.2) is 0 Å². The minimum absolute atomic E-state index is 0.202. The van der Waals surface area contributed by atoms with Gasteiger partial charge in [-0.15, -0.1) is 0 Å². The lowest BCUT2D eigenvalue weighted by Gasteiger charge is -2.26. The van der Waals surface area contributed by atoms with Crippen molar-refractivity contribution in [3.05, 3.63) is 12.2 Å². The van der Waals surface area contributed by atoms with E-state index in [0.29, 0.717) is 17.8 Å². The Labute approximate surface area is 85.6 Å². The van der Waals surface area contributed by atoms with E-state index in [9.17, 15) is 10.2 Å². The van der Waals surface area contributed by atoms with E-state index in [1.807, 2.05) is 0 Å². The summed E-state index contributed by atoms with van der Waals surface area (Å²) in [5.41, 5.74) is 1.12. The Kier molecular flexibility index (Phi) is 2.93. The Morgan fingerprint density at radius 2 is 1.93 bits per heavy atom. The summed E-state index contributed by atoms with van der Waals surface area (Å²) in [7, 11) is 0. The van der Waals surface area contributed by atoms with Gasteiger partial charge >= 0.3 is 0 Å². The lowest BCUT2D eigenvalue weighted by atomic mass is 9.82. The lowest BCUT2D eigenvalue weighted by Crippen LogP contribution is -2.27. The fraction of sp³-hybridized carbons (Fsp3) is 0.833. The summed E-state index contributed by atoms with van der Waals surface area (Å²) in [6.45, 7) is 4.24. The maximum absolute atomic E-state index is 10.0. The van der Waals surface area contributed by atoms with Crippen molar-refractivity contribution in [1.82, 2.24) is 0 Å². The fourth-order valence-corrected chi connectivity index (χ4v) is 3.33. The van der Waals surface area contributed by atoms with Gasteiger partial charge in [-0.1, -0.05) is 18.6 Å². The summed E-state index contributed by atoms with van der Waals surface area (Å²) < 4.78 is 0. The second-order valence-electron chi connectivity index (χ2n) is 4.93. The van der Waals surface area contributed by atoms with Crippen LogP contribution >= 0.6 is 0 Å². The molecule has 2 rings (SSSR count). The molecule has 0 spiro atoms. The first-order valence-electron chi connectivity index (χ1n) is 5.68. The van der Waals surface area contributed by atoms with Crippen LogP contribution < -0.4 is 0 Å². The van der Waals surface area contributed by atoms with Crippen molar-refractivity contribution >= 4 is 0 Å². The molecule has 0 bridgehead atoms. The molecule has 0 aliphatic heterocycles. The van der Waals surface area contributed by atoms with Crippen LogP contribution in [0.25, 0.3) is 0 Å². The highest BCUT2D eigenvalue weighted by atomic mass is 16.3. The van der Waals surface area contributed by atoms with Crippen LogP contribution in [0, 0.1) is 17.8 Å². The topological polar surface area (TPSA) is 40.5 Å². The van der Waals surface area contributed by atoms with Gasteiger partial charge in [0.1, 0.15) is 0 Å². The van der Waals surface area contributed by atoms with E-state index in [0.717, 1.165) is 24.8 Å². The van der Waals surface area contributed by atoms with Gasteiger partial charge in [0.05, 0.1) is 6.10 Å². The summed E-state index contributed by atoms with van der Waals surface area (Å²) in [6.07, 6.45) is 4.99. The van der Waals surface area contributed by atoms with E-state index in [1.54, 1.807) is 0 Å². The van der Waals surface area contributed by atoms with Gasteiger partial charge in [0, 0.05) is 6.61 Å². The highest BCUT2D eigenvalue weighted by Gasteiger charge is 2.39. The van der Waals surface area contributed by atoms with Gasteiger partial charge in [-0.2, -0.15) is 0 Å². The molecule has 0 aromatic carbocycles. The Morgan fingerprint density at radius 3 is 2.64 bits per heavy atom. The van der Waals surface area contributed by atoms with Crippen LogP contribution in [-0.4, -0.2) is 22.9 Å². The highest BCUT2D eigenvalue weighted by molar-refractivity contribution is 5.05. The zero-order valence-corrected chi connectivity index (χ0v) is 8.65. The van der Waals surface area contributed by atoms with E-state index in [-0.39, 0.29) is 12.7 Å². The molecule has 2 aliphatic carbocycles. The minimum Gasteiger partial charge on any atom is -0.396 e. The van der Waals surface area contributed by atoms with Crippen molar-refractivity contribution in [3.8, 4) is 0 Å². The lowest BCUT2D eigenvalue weighted by molar-refractivity contribution is 0.0668. The summed E-state index contributed by atoms with van der Waals surface area (Å²) in [5.74, 6) is 1.31. The molecule has 4 atom stereocenters. The Morgan fingerprint density at radius 1 is 1.21 bits per heavy atom. The summed E-state index contributed by atoms with van der Waals surface area (Å²) in [5, 5.41) is 19.3. The third kappa shape index (κ3) is 1.73. The molecule has 0 amide bonds. The first-order valence-corrected chi connectivity index (χ1v) is 5.68. The second kappa shape index (κ2) is 4.03. The molecule has 2 heteroatoms. The number of rotatable bonds is 1. The Hall–Kier alpha value is -0.340. The third-order valence-corrected chi connectivity index (χ3v) is 4.01. The van der Waals surface area contributed by atoms with Gasteiger partial charge in [0.15, 0.2) is 0 Å². The predicted octanol–water partition coefficient (Wildman–Crippen LogP) is 1.72. The summed E-state index contributed by atoms with van der Waals surface area (Å²) in [4.78, 5) is 0. The number of hydrogen-bond acceptors (Lipinski definition) is 2. The molecular formula is C12H20O2. The van der Waals surface area contributed by atoms with Crippen LogP contribution in [0.4, 0.5) is 0 Å². The molecule has 0 heterocycles. The maximum atomic E-state index is 10.0. The molecule has 2 N–H and O–H groups in total. The molecular weight excluding hydrogens is 176 g/mol. The number of aliphatic hydroxyl groups excluding tert-OH is 2. The van der Waals surface area contributed by atoms with Crippen LogP contribution in [0.2, 0.25) is 0 Å². The highest BCUT2D eigenvalue weighted by Crippen LogP contribution is 2.44. The van der Waals surface area contributed by atoms with Crippen molar-refractivity contribution in [2.75, 3.05) is 6.61 Å². The molecule has 0 saturated heterocycles. The Bertz CT molecular complexity index is 224. The summed E-state index contributed by atoms with van der Waals surface area (Å²) >= 11 is 0. The van der Waals surface area contributed by atoms with Gasteiger partial charge in [0.2, 0.25) is 0 Å². The van der Waals surface area contributed by atoms with Crippen molar-refractivity contribution in [1.29, 1.82) is 0 Å². The van der Waals surface area contributed by atoms with Crippen LogP contribution in [0.15, 0.2) is 12.2 Å². The molecule has 0 unspecified atom stereocenters. The third-order valence-electron chi connectivity index (χ3n) is 4.01. The zero-order valence-electron chi connectivity index (χ0n) is 8.65. The monoisotopic (exact) mass is 196 g/mol. The van der Waals surface area contributed by atoms with Crippen LogP contribution in [0.1, 0.15) is 32.1 Å². The SMILES string of the molecule is C=C1C[C@@H](CO)[C@H]2CCC[C@H]2[C@@H](O)C1. The quantitative estimate of drug-likeness (QED) is 0.627. The van der Waals surface area contributed by atoms with Crippen LogP contribution in [0.5, 0.6) is 0 Å². The zero-order chi connectivity index (χ0) is 10.1. The first-order chi connectivity index (χ1) is 6.72. The largest absolute Gasteiger partial charge is 0.396 e. The van der Waals surface area contributed by atoms with E-state index in [1.165, 1.54) is 12.8 Å². The second-order valence-corrected chi connectivity index (χ2v) is 4.93. The Balaban J connectivity index is 2.16. The molecule has 2 fully saturated rings. The van der Waals surface area contributed by atoms with E-state index < -0.39 is 0 Å².